The van der Waals surface area contributed by atoms with E-state index in [1.165, 1.54) is 83.6 Å². The fraction of sp³-hybridized carbons (Fsp3) is 1.00. The predicted octanol–water partition coefficient (Wildman–Crippen LogP) is 4.67. The smallest absolute Gasteiger partial charge is 0.0576 e. The van der Waals surface area contributed by atoms with E-state index in [0.717, 1.165) is 18.6 Å². The van der Waals surface area contributed by atoms with E-state index in [4.69, 9.17) is 4.74 Å². The van der Waals surface area contributed by atoms with Gasteiger partial charge in [0.25, 0.3) is 0 Å². The largest absolute Gasteiger partial charge is 0.378 e. The maximum absolute atomic E-state index is 5.74. The third-order valence-corrected chi connectivity index (χ3v) is 5.18. The third-order valence-electron chi connectivity index (χ3n) is 5.18. The van der Waals surface area contributed by atoms with Crippen molar-refractivity contribution in [3.8, 4) is 0 Å². The van der Waals surface area contributed by atoms with Gasteiger partial charge in [0.15, 0.2) is 0 Å². The molecule has 0 bridgehead atoms. The van der Waals surface area contributed by atoms with E-state index in [9.17, 15) is 0 Å². The molecule has 2 fully saturated rings. The van der Waals surface area contributed by atoms with Gasteiger partial charge in [0.05, 0.1) is 6.10 Å². The number of rotatable bonds is 10. The first kappa shape index (κ1) is 16.3. The van der Waals surface area contributed by atoms with Crippen molar-refractivity contribution in [1.82, 2.24) is 5.32 Å². The molecule has 2 aliphatic rings. The summed E-state index contributed by atoms with van der Waals surface area (Å²) in [6.07, 6.45) is 17.2. The lowest BCUT2D eigenvalue weighted by Crippen LogP contribution is -2.30. The van der Waals surface area contributed by atoms with Gasteiger partial charge in [0, 0.05) is 12.6 Å². The molecular formula is C18H35NO. The van der Waals surface area contributed by atoms with Crippen LogP contribution in [0.25, 0.3) is 0 Å². The molecule has 1 saturated heterocycles. The molecule has 0 aromatic rings. The normalized spacial score (nSPS) is 25.4. The first-order valence-electron chi connectivity index (χ1n) is 9.23. The summed E-state index contributed by atoms with van der Waals surface area (Å²) in [5.41, 5.74) is 0. The summed E-state index contributed by atoms with van der Waals surface area (Å²) in [5, 5.41) is 3.78. The van der Waals surface area contributed by atoms with E-state index in [-0.39, 0.29) is 0 Å². The van der Waals surface area contributed by atoms with Gasteiger partial charge in [-0.3, -0.25) is 0 Å². The molecule has 0 aromatic carbocycles. The fourth-order valence-electron chi connectivity index (χ4n) is 3.90. The molecule has 2 nitrogen and oxygen atoms in total. The van der Waals surface area contributed by atoms with Crippen molar-refractivity contribution in [2.45, 2.75) is 96.1 Å². The van der Waals surface area contributed by atoms with Crippen molar-refractivity contribution in [2.24, 2.45) is 5.92 Å². The first-order valence-corrected chi connectivity index (χ1v) is 9.23. The lowest BCUT2D eigenvalue weighted by Gasteiger charge is -2.21. The number of hydrogen-bond donors (Lipinski definition) is 1. The molecule has 2 unspecified atom stereocenters. The fourth-order valence-corrected chi connectivity index (χ4v) is 3.90. The van der Waals surface area contributed by atoms with Crippen molar-refractivity contribution >= 4 is 0 Å². The van der Waals surface area contributed by atoms with Crippen molar-refractivity contribution < 1.29 is 4.74 Å². The highest BCUT2D eigenvalue weighted by Gasteiger charge is 2.18. The van der Waals surface area contributed by atoms with Crippen LogP contribution in [0.3, 0.4) is 0 Å². The van der Waals surface area contributed by atoms with Gasteiger partial charge in [-0.1, -0.05) is 32.6 Å². The zero-order valence-corrected chi connectivity index (χ0v) is 13.5. The molecule has 1 heterocycles. The molecule has 2 atom stereocenters. The number of hydrogen-bond acceptors (Lipinski definition) is 2. The lowest BCUT2D eigenvalue weighted by atomic mass is 9.95. The molecule has 0 amide bonds. The Labute approximate surface area is 126 Å². The molecule has 1 saturated carbocycles. The van der Waals surface area contributed by atoms with Gasteiger partial charge < -0.3 is 10.1 Å². The second-order valence-electron chi connectivity index (χ2n) is 6.94. The molecule has 1 aliphatic heterocycles. The highest BCUT2D eigenvalue weighted by Crippen LogP contribution is 2.29. The lowest BCUT2D eigenvalue weighted by molar-refractivity contribution is 0.101. The Morgan fingerprint density at radius 3 is 2.60 bits per heavy atom. The molecule has 0 spiro atoms. The van der Waals surface area contributed by atoms with Gasteiger partial charge in [-0.2, -0.15) is 0 Å². The minimum absolute atomic E-state index is 0.580. The summed E-state index contributed by atoms with van der Waals surface area (Å²) in [5.74, 6) is 1.04. The number of ether oxygens (including phenoxy) is 1. The second kappa shape index (κ2) is 9.78. The molecule has 2 heteroatoms. The third kappa shape index (κ3) is 6.13. The van der Waals surface area contributed by atoms with Crippen LogP contribution in [0.4, 0.5) is 0 Å². The maximum atomic E-state index is 5.74. The molecule has 118 valence electrons. The zero-order chi connectivity index (χ0) is 14.0. The van der Waals surface area contributed by atoms with Crippen molar-refractivity contribution in [2.75, 3.05) is 13.2 Å². The average molecular weight is 281 g/mol. The standard InChI is InChI=1S/C18H35NO/c1-2-14-19-17(13-12-16-7-3-4-8-16)9-5-10-18-11-6-15-20-18/h16-19H,2-15H2,1H3. The highest BCUT2D eigenvalue weighted by atomic mass is 16.5. The Balaban J connectivity index is 1.59. The quantitative estimate of drug-likeness (QED) is 0.628. The summed E-state index contributed by atoms with van der Waals surface area (Å²) < 4.78 is 5.74. The van der Waals surface area contributed by atoms with Crippen LogP contribution < -0.4 is 5.32 Å². The van der Waals surface area contributed by atoms with E-state index in [1.807, 2.05) is 0 Å². The van der Waals surface area contributed by atoms with Crippen LogP contribution in [-0.2, 0) is 4.74 Å². The summed E-state index contributed by atoms with van der Waals surface area (Å²) in [6.45, 7) is 4.46. The predicted molar refractivity (Wildman–Crippen MR) is 86.1 cm³/mol. The molecule has 0 radical (unpaired) electrons. The topological polar surface area (TPSA) is 21.3 Å². The molecule has 1 N–H and O–H groups in total. The maximum Gasteiger partial charge on any atom is 0.0576 e. The van der Waals surface area contributed by atoms with E-state index in [0.29, 0.717) is 6.10 Å². The van der Waals surface area contributed by atoms with Crippen LogP contribution in [0.15, 0.2) is 0 Å². The Bertz CT molecular complexity index is 232. The van der Waals surface area contributed by atoms with E-state index in [2.05, 4.69) is 12.2 Å². The van der Waals surface area contributed by atoms with Gasteiger partial charge in [-0.25, -0.2) is 0 Å². The summed E-state index contributed by atoms with van der Waals surface area (Å²) in [4.78, 5) is 0. The van der Waals surface area contributed by atoms with Gasteiger partial charge in [0.2, 0.25) is 0 Å². The van der Waals surface area contributed by atoms with E-state index < -0.39 is 0 Å². The second-order valence-corrected chi connectivity index (χ2v) is 6.94. The Kier molecular flexibility index (Phi) is 7.97. The average Bonchev–Trinajstić information content (AvgIpc) is 3.14. The zero-order valence-electron chi connectivity index (χ0n) is 13.5. The molecule has 2 rings (SSSR count). The van der Waals surface area contributed by atoms with Crippen molar-refractivity contribution in [3.05, 3.63) is 0 Å². The van der Waals surface area contributed by atoms with E-state index >= 15 is 0 Å². The van der Waals surface area contributed by atoms with E-state index in [1.54, 1.807) is 0 Å². The van der Waals surface area contributed by atoms with Gasteiger partial charge in [0.1, 0.15) is 0 Å². The van der Waals surface area contributed by atoms with Crippen molar-refractivity contribution in [1.29, 1.82) is 0 Å². The van der Waals surface area contributed by atoms with Crippen LogP contribution in [0.5, 0.6) is 0 Å². The molecule has 20 heavy (non-hydrogen) atoms. The van der Waals surface area contributed by atoms with Crippen LogP contribution in [0.1, 0.15) is 84.0 Å². The highest BCUT2D eigenvalue weighted by molar-refractivity contribution is 4.74. The first-order chi connectivity index (χ1) is 9.88. The Morgan fingerprint density at radius 2 is 1.90 bits per heavy atom. The summed E-state index contributed by atoms with van der Waals surface area (Å²) in [6, 6.07) is 0.761. The Morgan fingerprint density at radius 1 is 1.05 bits per heavy atom. The molecule has 0 aromatic heterocycles. The van der Waals surface area contributed by atoms with Crippen LogP contribution in [0, 0.1) is 5.92 Å². The molecule has 1 aliphatic carbocycles. The monoisotopic (exact) mass is 281 g/mol. The number of nitrogens with one attached hydrogen (secondary N) is 1. The molecular weight excluding hydrogens is 246 g/mol. The SMILES string of the molecule is CCCNC(CCCC1CCCO1)CCC1CCCC1. The Hall–Kier alpha value is -0.0800. The van der Waals surface area contributed by atoms with Crippen LogP contribution in [-0.4, -0.2) is 25.3 Å². The minimum Gasteiger partial charge on any atom is -0.378 e. The van der Waals surface area contributed by atoms with Crippen LogP contribution >= 0.6 is 0 Å². The minimum atomic E-state index is 0.580. The van der Waals surface area contributed by atoms with Gasteiger partial charge >= 0.3 is 0 Å². The summed E-state index contributed by atoms with van der Waals surface area (Å²) >= 11 is 0. The van der Waals surface area contributed by atoms with Gasteiger partial charge in [-0.15, -0.1) is 0 Å². The van der Waals surface area contributed by atoms with Crippen LogP contribution in [0.2, 0.25) is 0 Å². The van der Waals surface area contributed by atoms with Gasteiger partial charge in [-0.05, 0) is 63.8 Å². The summed E-state index contributed by atoms with van der Waals surface area (Å²) in [7, 11) is 0. The van der Waals surface area contributed by atoms with Crippen molar-refractivity contribution in [3.63, 3.8) is 0 Å².